The van der Waals surface area contributed by atoms with Crippen LogP contribution in [0, 0.1) is 12.8 Å². The van der Waals surface area contributed by atoms with E-state index in [1.165, 1.54) is 30.6 Å². The molecule has 1 fully saturated rings. The SMILES string of the molecule is Cc1ccc2c(N)c(C(=O)NC(C)C3CCC3)sc2n1. The quantitative estimate of drug-likeness (QED) is 0.912. The molecule has 20 heavy (non-hydrogen) atoms. The van der Waals surface area contributed by atoms with E-state index in [1.807, 2.05) is 19.1 Å². The van der Waals surface area contributed by atoms with Gasteiger partial charge in [-0.05, 0) is 44.7 Å². The van der Waals surface area contributed by atoms with Gasteiger partial charge in [0.1, 0.15) is 9.71 Å². The number of nitrogens with two attached hydrogens (primary N) is 1. The molecule has 1 unspecified atom stereocenters. The van der Waals surface area contributed by atoms with Gasteiger partial charge in [0.05, 0.1) is 5.69 Å². The van der Waals surface area contributed by atoms with Crippen LogP contribution in [-0.2, 0) is 0 Å². The third-order valence-electron chi connectivity index (χ3n) is 4.15. The van der Waals surface area contributed by atoms with Crippen molar-refractivity contribution in [1.82, 2.24) is 10.3 Å². The van der Waals surface area contributed by atoms with E-state index in [0.29, 0.717) is 16.5 Å². The number of carbonyl (C=O) groups is 1. The molecule has 3 rings (SSSR count). The van der Waals surface area contributed by atoms with E-state index in [1.54, 1.807) is 0 Å². The van der Waals surface area contributed by atoms with E-state index in [0.717, 1.165) is 15.9 Å². The Morgan fingerprint density at radius 2 is 2.25 bits per heavy atom. The normalized spacial score (nSPS) is 16.9. The Morgan fingerprint density at radius 1 is 1.50 bits per heavy atom. The molecule has 106 valence electrons. The van der Waals surface area contributed by atoms with Crippen LogP contribution < -0.4 is 11.1 Å². The van der Waals surface area contributed by atoms with Crippen LogP contribution in [0.1, 0.15) is 41.6 Å². The number of hydrogen-bond acceptors (Lipinski definition) is 4. The first-order chi connectivity index (χ1) is 9.56. The summed E-state index contributed by atoms with van der Waals surface area (Å²) in [6.45, 7) is 4.02. The largest absolute Gasteiger partial charge is 0.397 e. The molecule has 1 atom stereocenters. The van der Waals surface area contributed by atoms with Gasteiger partial charge in [0, 0.05) is 17.1 Å². The van der Waals surface area contributed by atoms with Crippen molar-refractivity contribution < 1.29 is 4.79 Å². The maximum absolute atomic E-state index is 12.4. The van der Waals surface area contributed by atoms with E-state index in [4.69, 9.17) is 5.73 Å². The second-order valence-electron chi connectivity index (χ2n) is 5.60. The van der Waals surface area contributed by atoms with Crippen LogP contribution >= 0.6 is 11.3 Å². The maximum Gasteiger partial charge on any atom is 0.263 e. The van der Waals surface area contributed by atoms with E-state index in [2.05, 4.69) is 17.2 Å². The van der Waals surface area contributed by atoms with Crippen molar-refractivity contribution in [3.05, 3.63) is 22.7 Å². The standard InChI is InChI=1S/C15H19N3OS/c1-8-6-7-11-12(16)13(20-15(11)17-8)14(19)18-9(2)10-4-3-5-10/h6-7,9-10H,3-5,16H2,1-2H3,(H,18,19). The smallest absolute Gasteiger partial charge is 0.263 e. The third kappa shape index (κ3) is 2.26. The number of aryl methyl sites for hydroxylation is 1. The number of fused-ring (bicyclic) bond motifs is 1. The minimum absolute atomic E-state index is 0.0671. The minimum atomic E-state index is -0.0671. The number of thiophene rings is 1. The summed E-state index contributed by atoms with van der Waals surface area (Å²) in [5, 5.41) is 3.96. The first kappa shape index (κ1) is 13.4. The van der Waals surface area contributed by atoms with Gasteiger partial charge in [0.2, 0.25) is 0 Å². The average Bonchev–Trinajstić information content (AvgIpc) is 2.63. The summed E-state index contributed by atoms with van der Waals surface area (Å²) in [6, 6.07) is 4.08. The topological polar surface area (TPSA) is 68.0 Å². The average molecular weight is 289 g/mol. The summed E-state index contributed by atoms with van der Waals surface area (Å²) in [5.74, 6) is 0.553. The fraction of sp³-hybridized carbons (Fsp3) is 0.467. The van der Waals surface area contributed by atoms with Gasteiger partial charge in [0.15, 0.2) is 0 Å². The Kier molecular flexibility index (Phi) is 3.38. The molecular weight excluding hydrogens is 270 g/mol. The summed E-state index contributed by atoms with van der Waals surface area (Å²) in [6.07, 6.45) is 3.70. The lowest BCUT2D eigenvalue weighted by Gasteiger charge is -2.31. The molecule has 2 heterocycles. The highest BCUT2D eigenvalue weighted by molar-refractivity contribution is 7.21. The number of hydrogen-bond donors (Lipinski definition) is 2. The third-order valence-corrected chi connectivity index (χ3v) is 5.27. The van der Waals surface area contributed by atoms with Crippen LogP contribution in [0.25, 0.3) is 10.2 Å². The van der Waals surface area contributed by atoms with Crippen molar-refractivity contribution in [2.75, 3.05) is 5.73 Å². The van der Waals surface area contributed by atoms with Gasteiger partial charge < -0.3 is 11.1 Å². The molecule has 5 heteroatoms. The van der Waals surface area contributed by atoms with Gasteiger partial charge in [-0.1, -0.05) is 6.42 Å². The molecule has 1 saturated carbocycles. The Bertz CT molecular complexity index is 660. The molecular formula is C15H19N3OS. The molecule has 1 aliphatic carbocycles. The zero-order chi connectivity index (χ0) is 14.3. The van der Waals surface area contributed by atoms with Gasteiger partial charge >= 0.3 is 0 Å². The summed E-state index contributed by atoms with van der Waals surface area (Å²) >= 11 is 1.38. The monoisotopic (exact) mass is 289 g/mol. The Labute approximate surface area is 122 Å². The first-order valence-corrected chi connectivity index (χ1v) is 7.84. The van der Waals surface area contributed by atoms with Gasteiger partial charge in [0.25, 0.3) is 5.91 Å². The Morgan fingerprint density at radius 3 is 2.90 bits per heavy atom. The highest BCUT2D eigenvalue weighted by atomic mass is 32.1. The first-order valence-electron chi connectivity index (χ1n) is 7.02. The summed E-state index contributed by atoms with van der Waals surface area (Å²) in [4.78, 5) is 18.2. The fourth-order valence-electron chi connectivity index (χ4n) is 2.59. The number of pyridine rings is 1. The summed E-state index contributed by atoms with van der Waals surface area (Å²) < 4.78 is 0. The van der Waals surface area contributed by atoms with E-state index < -0.39 is 0 Å². The fourth-order valence-corrected chi connectivity index (χ4v) is 3.63. The lowest BCUT2D eigenvalue weighted by Crippen LogP contribution is -2.40. The van der Waals surface area contributed by atoms with Gasteiger partial charge in [-0.15, -0.1) is 11.3 Å². The summed E-state index contributed by atoms with van der Waals surface area (Å²) in [5.41, 5.74) is 7.59. The molecule has 2 aromatic rings. The molecule has 0 bridgehead atoms. The molecule has 1 aliphatic rings. The van der Waals surface area contributed by atoms with Crippen molar-refractivity contribution in [2.45, 2.75) is 39.2 Å². The predicted molar refractivity (Wildman–Crippen MR) is 83.0 cm³/mol. The molecule has 3 N–H and O–H groups in total. The second-order valence-corrected chi connectivity index (χ2v) is 6.60. The van der Waals surface area contributed by atoms with Crippen LogP contribution in [0.15, 0.2) is 12.1 Å². The zero-order valence-electron chi connectivity index (χ0n) is 11.8. The maximum atomic E-state index is 12.4. The number of nitrogens with one attached hydrogen (secondary N) is 1. The Hall–Kier alpha value is -1.62. The van der Waals surface area contributed by atoms with Gasteiger partial charge in [-0.3, -0.25) is 4.79 Å². The van der Waals surface area contributed by atoms with Crippen LogP contribution in [-0.4, -0.2) is 16.9 Å². The number of carbonyl (C=O) groups excluding carboxylic acids is 1. The zero-order valence-corrected chi connectivity index (χ0v) is 12.6. The van der Waals surface area contributed by atoms with E-state index >= 15 is 0 Å². The van der Waals surface area contributed by atoms with Gasteiger partial charge in [-0.2, -0.15) is 0 Å². The number of anilines is 1. The molecule has 0 spiro atoms. The van der Waals surface area contributed by atoms with Crippen molar-refractivity contribution in [2.24, 2.45) is 5.92 Å². The molecule has 0 aromatic carbocycles. The highest BCUT2D eigenvalue weighted by Gasteiger charge is 2.26. The number of rotatable bonds is 3. The van der Waals surface area contributed by atoms with E-state index in [-0.39, 0.29) is 11.9 Å². The van der Waals surface area contributed by atoms with Crippen molar-refractivity contribution >= 4 is 33.1 Å². The van der Waals surface area contributed by atoms with Crippen LogP contribution in [0.2, 0.25) is 0 Å². The molecule has 0 aliphatic heterocycles. The van der Waals surface area contributed by atoms with Crippen molar-refractivity contribution in [3.63, 3.8) is 0 Å². The van der Waals surface area contributed by atoms with Crippen LogP contribution in [0.3, 0.4) is 0 Å². The summed E-state index contributed by atoms with van der Waals surface area (Å²) in [7, 11) is 0. The Balaban J connectivity index is 1.85. The molecule has 0 radical (unpaired) electrons. The molecule has 4 nitrogen and oxygen atoms in total. The number of nitrogens with zero attached hydrogens (tertiary/aromatic N) is 1. The van der Waals surface area contributed by atoms with Crippen LogP contribution in [0.4, 0.5) is 5.69 Å². The number of amides is 1. The lowest BCUT2D eigenvalue weighted by atomic mass is 9.80. The molecule has 1 amide bonds. The molecule has 0 saturated heterocycles. The van der Waals surface area contributed by atoms with E-state index in [9.17, 15) is 4.79 Å². The van der Waals surface area contributed by atoms with Gasteiger partial charge in [-0.25, -0.2) is 4.98 Å². The number of aromatic nitrogens is 1. The second kappa shape index (κ2) is 5.05. The molecule has 2 aromatic heterocycles. The predicted octanol–water partition coefficient (Wildman–Crippen LogP) is 3.11. The number of nitrogen functional groups attached to an aromatic ring is 1. The highest BCUT2D eigenvalue weighted by Crippen LogP contribution is 2.33. The minimum Gasteiger partial charge on any atom is -0.397 e. The van der Waals surface area contributed by atoms with Crippen LogP contribution in [0.5, 0.6) is 0 Å². The van der Waals surface area contributed by atoms with Crippen molar-refractivity contribution in [3.8, 4) is 0 Å². The lowest BCUT2D eigenvalue weighted by molar-refractivity contribution is 0.0914. The van der Waals surface area contributed by atoms with Crippen molar-refractivity contribution in [1.29, 1.82) is 0 Å².